The predicted molar refractivity (Wildman–Crippen MR) is 70.2 cm³/mol. The minimum absolute atomic E-state index is 0.0387. The molecule has 0 fully saturated rings. The van der Waals surface area contributed by atoms with Gasteiger partial charge in [0.25, 0.3) is 10.0 Å². The fourth-order valence-electron chi connectivity index (χ4n) is 1.88. The Hall–Kier alpha value is -1.60. The van der Waals surface area contributed by atoms with Crippen LogP contribution in [0.2, 0.25) is 0 Å². The number of fused-ring (bicyclic) bond motifs is 1. The van der Waals surface area contributed by atoms with Gasteiger partial charge in [0.05, 0.1) is 12.4 Å². The first kappa shape index (κ1) is 12.8. The number of methoxy groups -OCH3 is 1. The summed E-state index contributed by atoms with van der Waals surface area (Å²) in [5, 5.41) is 3.15. The van der Waals surface area contributed by atoms with Crippen LogP contribution in [0.5, 0.6) is 0 Å². The number of benzene rings is 1. The quantitative estimate of drug-likeness (QED) is 0.766. The molecular weight excluding hydrogens is 254 g/mol. The average Bonchev–Trinajstić information content (AvgIpc) is 2.27. The van der Waals surface area contributed by atoms with Gasteiger partial charge in [0.2, 0.25) is 0 Å². The van der Waals surface area contributed by atoms with Crippen molar-refractivity contribution in [3.8, 4) is 0 Å². The van der Waals surface area contributed by atoms with Gasteiger partial charge in [-0.05, 0) is 11.6 Å². The normalized spacial score (nSPS) is 16.8. The number of hydrogen-bond donors (Lipinski definition) is 2. The molecule has 0 aliphatic carbocycles. The summed E-state index contributed by atoms with van der Waals surface area (Å²) in [6.45, 7) is 1.17. The summed E-state index contributed by atoms with van der Waals surface area (Å²) >= 11 is 0. The zero-order valence-electron chi connectivity index (χ0n) is 10.0. The summed E-state index contributed by atoms with van der Waals surface area (Å²) in [6, 6.07) is 5.38. The molecule has 0 bridgehead atoms. The van der Waals surface area contributed by atoms with Crippen LogP contribution in [0, 0.1) is 0 Å². The van der Waals surface area contributed by atoms with E-state index in [-0.39, 0.29) is 11.6 Å². The van der Waals surface area contributed by atoms with Crippen molar-refractivity contribution >= 4 is 21.5 Å². The first-order valence-corrected chi connectivity index (χ1v) is 7.07. The van der Waals surface area contributed by atoms with E-state index in [0.29, 0.717) is 24.3 Å². The van der Waals surface area contributed by atoms with E-state index in [1.165, 1.54) is 0 Å². The van der Waals surface area contributed by atoms with Crippen LogP contribution < -0.4 is 11.1 Å². The summed E-state index contributed by atoms with van der Waals surface area (Å²) in [6.07, 6.45) is 0. The first-order chi connectivity index (χ1) is 8.53. The van der Waals surface area contributed by atoms with E-state index in [0.717, 1.165) is 5.69 Å². The molecule has 1 aliphatic rings. The van der Waals surface area contributed by atoms with Crippen molar-refractivity contribution in [1.82, 2.24) is 0 Å². The Balaban J connectivity index is 2.36. The molecular formula is C11H15N3O3S. The van der Waals surface area contributed by atoms with Crippen molar-refractivity contribution < 1.29 is 13.2 Å². The Kier molecular flexibility index (Phi) is 3.53. The first-order valence-electron chi connectivity index (χ1n) is 5.46. The van der Waals surface area contributed by atoms with Gasteiger partial charge in [0.15, 0.2) is 0 Å². The third-order valence-electron chi connectivity index (χ3n) is 2.60. The average molecular weight is 269 g/mol. The molecule has 18 heavy (non-hydrogen) atoms. The highest BCUT2D eigenvalue weighted by Crippen LogP contribution is 2.26. The number of rotatable bonds is 4. The molecule has 1 heterocycles. The van der Waals surface area contributed by atoms with Crippen molar-refractivity contribution in [3.63, 3.8) is 0 Å². The summed E-state index contributed by atoms with van der Waals surface area (Å²) < 4.78 is 31.5. The van der Waals surface area contributed by atoms with Crippen LogP contribution in [0.25, 0.3) is 0 Å². The van der Waals surface area contributed by atoms with Crippen molar-refractivity contribution in [1.29, 1.82) is 0 Å². The molecule has 0 atom stereocenters. The Morgan fingerprint density at radius 2 is 2.28 bits per heavy atom. The molecule has 0 radical (unpaired) electrons. The van der Waals surface area contributed by atoms with E-state index in [1.807, 2.05) is 6.07 Å². The van der Waals surface area contributed by atoms with Gasteiger partial charge >= 0.3 is 0 Å². The largest absolute Gasteiger partial charge is 0.383 e. The summed E-state index contributed by atoms with van der Waals surface area (Å²) in [7, 11) is -1.86. The van der Waals surface area contributed by atoms with Gasteiger partial charge in [0.1, 0.15) is 5.84 Å². The molecule has 0 unspecified atom stereocenters. The van der Waals surface area contributed by atoms with E-state index < -0.39 is 10.0 Å². The predicted octanol–water partition coefficient (Wildman–Crippen LogP) is 0.294. The van der Waals surface area contributed by atoms with Gasteiger partial charge < -0.3 is 15.8 Å². The van der Waals surface area contributed by atoms with Crippen LogP contribution in [-0.2, 0) is 20.5 Å². The third kappa shape index (κ3) is 2.62. The molecule has 3 N–H and O–H groups in total. The standard InChI is InChI=1S/C11H15N3O3S/c1-17-6-5-13-9-4-2-3-8-7-18(15,16)14-11(12)10(8)9/h2-4,13H,5-7H2,1H3,(H2,12,14). The lowest BCUT2D eigenvalue weighted by Crippen LogP contribution is -2.25. The van der Waals surface area contributed by atoms with Gasteiger partial charge in [0, 0.05) is 24.9 Å². The minimum Gasteiger partial charge on any atom is -0.383 e. The zero-order chi connectivity index (χ0) is 13.2. The molecule has 0 amide bonds. The van der Waals surface area contributed by atoms with Gasteiger partial charge in [-0.2, -0.15) is 0 Å². The van der Waals surface area contributed by atoms with Gasteiger partial charge in [-0.1, -0.05) is 12.1 Å². The van der Waals surface area contributed by atoms with Crippen LogP contribution in [0.15, 0.2) is 22.6 Å². The Morgan fingerprint density at radius 1 is 1.50 bits per heavy atom. The number of nitrogens with one attached hydrogen (secondary N) is 1. The molecule has 98 valence electrons. The third-order valence-corrected chi connectivity index (χ3v) is 3.75. The van der Waals surface area contributed by atoms with E-state index in [4.69, 9.17) is 10.5 Å². The lowest BCUT2D eigenvalue weighted by Gasteiger charge is -2.18. The SMILES string of the molecule is COCCNc1cccc2c1C(N)=NS(=O)(=O)C2. The monoisotopic (exact) mass is 269 g/mol. The van der Waals surface area contributed by atoms with E-state index >= 15 is 0 Å². The maximum atomic E-state index is 11.5. The second-order valence-electron chi connectivity index (χ2n) is 3.96. The maximum Gasteiger partial charge on any atom is 0.259 e. The highest BCUT2D eigenvalue weighted by molar-refractivity contribution is 7.89. The summed E-state index contributed by atoms with van der Waals surface area (Å²) in [5.41, 5.74) is 7.85. The Morgan fingerprint density at radius 3 is 3.00 bits per heavy atom. The van der Waals surface area contributed by atoms with Crippen molar-refractivity contribution in [2.45, 2.75) is 5.75 Å². The second kappa shape index (κ2) is 4.95. The number of sulfonamides is 1. The highest BCUT2D eigenvalue weighted by Gasteiger charge is 2.24. The molecule has 0 spiro atoms. The molecule has 1 aromatic rings. The fraction of sp³-hybridized carbons (Fsp3) is 0.364. The zero-order valence-corrected chi connectivity index (χ0v) is 10.8. The van der Waals surface area contributed by atoms with Gasteiger partial charge in [-0.15, -0.1) is 4.40 Å². The van der Waals surface area contributed by atoms with Crippen molar-refractivity contribution in [2.24, 2.45) is 10.1 Å². The van der Waals surface area contributed by atoms with Crippen molar-refractivity contribution in [2.75, 3.05) is 25.6 Å². The van der Waals surface area contributed by atoms with Crippen LogP contribution in [0.3, 0.4) is 0 Å². The topological polar surface area (TPSA) is 93.8 Å². The molecule has 0 saturated heterocycles. The second-order valence-corrected chi connectivity index (χ2v) is 5.60. The summed E-state index contributed by atoms with van der Waals surface area (Å²) in [5.74, 6) is -0.0696. The molecule has 6 nitrogen and oxygen atoms in total. The number of nitrogens with two attached hydrogens (primary N) is 1. The Bertz CT molecular complexity index is 581. The van der Waals surface area contributed by atoms with Gasteiger partial charge in [-0.25, -0.2) is 8.42 Å². The van der Waals surface area contributed by atoms with Crippen LogP contribution >= 0.6 is 0 Å². The van der Waals surface area contributed by atoms with Gasteiger partial charge in [-0.3, -0.25) is 0 Å². The maximum absolute atomic E-state index is 11.5. The number of amidine groups is 1. The molecule has 2 rings (SSSR count). The van der Waals surface area contributed by atoms with Crippen LogP contribution in [0.4, 0.5) is 5.69 Å². The highest BCUT2D eigenvalue weighted by atomic mass is 32.2. The number of ether oxygens (including phenoxy) is 1. The van der Waals surface area contributed by atoms with E-state index in [2.05, 4.69) is 9.71 Å². The molecule has 1 aliphatic heterocycles. The number of nitrogens with zero attached hydrogens (tertiary/aromatic N) is 1. The molecule has 7 heteroatoms. The molecule has 0 aromatic heterocycles. The fourth-order valence-corrected chi connectivity index (χ4v) is 2.97. The van der Waals surface area contributed by atoms with Crippen LogP contribution in [-0.4, -0.2) is 34.5 Å². The molecule has 0 saturated carbocycles. The summed E-state index contributed by atoms with van der Waals surface area (Å²) in [4.78, 5) is 0. The lowest BCUT2D eigenvalue weighted by atomic mass is 10.1. The van der Waals surface area contributed by atoms with E-state index in [9.17, 15) is 8.42 Å². The number of hydrogen-bond acceptors (Lipinski definition) is 5. The Labute approximate surface area is 106 Å². The van der Waals surface area contributed by atoms with Crippen molar-refractivity contribution in [3.05, 3.63) is 29.3 Å². The lowest BCUT2D eigenvalue weighted by molar-refractivity contribution is 0.211. The smallest absolute Gasteiger partial charge is 0.259 e. The minimum atomic E-state index is -3.48. The molecule has 1 aromatic carbocycles. The number of anilines is 1. The van der Waals surface area contributed by atoms with Crippen LogP contribution in [0.1, 0.15) is 11.1 Å². The van der Waals surface area contributed by atoms with E-state index in [1.54, 1.807) is 19.2 Å².